The van der Waals surface area contributed by atoms with Crippen molar-refractivity contribution in [2.24, 2.45) is 17.8 Å². The van der Waals surface area contributed by atoms with E-state index in [1.54, 1.807) is 4.90 Å². The van der Waals surface area contributed by atoms with Gasteiger partial charge in [-0.3, -0.25) is 4.79 Å². The van der Waals surface area contributed by atoms with Gasteiger partial charge < -0.3 is 25.1 Å². The van der Waals surface area contributed by atoms with Crippen LogP contribution in [-0.2, 0) is 17.1 Å². The lowest BCUT2D eigenvalue weighted by Crippen LogP contribution is -2.50. The van der Waals surface area contributed by atoms with Gasteiger partial charge >= 0.3 is 6.09 Å². The molecule has 9 nitrogen and oxygen atoms in total. The van der Waals surface area contributed by atoms with Crippen molar-refractivity contribution in [3.05, 3.63) is 17.0 Å². The fraction of sp³-hybridized carbons (Fsp3) is 0.739. The maximum atomic E-state index is 14.7. The van der Waals surface area contributed by atoms with Crippen molar-refractivity contribution in [2.45, 2.75) is 50.6 Å². The average molecular weight is 477 g/mol. The van der Waals surface area contributed by atoms with Gasteiger partial charge in [0.2, 0.25) is 11.9 Å². The molecule has 11 heteroatoms. The molecule has 1 saturated carbocycles. The summed E-state index contributed by atoms with van der Waals surface area (Å²) >= 11 is 0. The van der Waals surface area contributed by atoms with Crippen molar-refractivity contribution < 1.29 is 23.5 Å². The molecule has 5 aliphatic rings. The molecule has 2 amide bonds. The topological polar surface area (TPSA) is 102 Å². The lowest BCUT2D eigenvalue weighted by Gasteiger charge is -2.39. The van der Waals surface area contributed by atoms with E-state index in [4.69, 9.17) is 10.1 Å². The number of aromatic nitrogens is 2. The van der Waals surface area contributed by atoms with Crippen molar-refractivity contribution in [3.63, 3.8) is 0 Å². The number of nitrogens with zero attached hydrogens (tertiary/aromatic N) is 5. The van der Waals surface area contributed by atoms with Crippen molar-refractivity contribution in [1.29, 1.82) is 0 Å². The number of carbonyl (C=O) groups excluding carboxylic acids is 1. The number of carboxylic acid groups (broad SMARTS) is 1. The van der Waals surface area contributed by atoms with Crippen LogP contribution in [0.25, 0.3) is 0 Å². The Morgan fingerprint density at radius 1 is 1.15 bits per heavy atom. The highest BCUT2D eigenvalue weighted by molar-refractivity contribution is 5.77. The van der Waals surface area contributed by atoms with Crippen molar-refractivity contribution in [3.8, 4) is 0 Å². The smallest absolute Gasteiger partial charge is 0.407 e. The van der Waals surface area contributed by atoms with E-state index in [1.165, 1.54) is 4.90 Å². The Hall–Kier alpha value is -2.56. The standard InChI is InChI=1S/C23H30F2N6O3/c1-12-3-5-31(12)21-27-18(13-2-4-23(24,25)20(13)28-21)19-17-14(15(17)11-26-19)10-16(32)29-6-8-30(9-7-29)22(33)34/h12,14-15,17,19,26H,2-11H2,1H3,(H,33,34)/t12?,14-,15+,17-,19?/m1/s1. The van der Waals surface area contributed by atoms with Crippen molar-refractivity contribution >= 4 is 17.9 Å². The Balaban J connectivity index is 1.19. The zero-order valence-electron chi connectivity index (χ0n) is 19.2. The molecule has 5 atom stereocenters. The number of anilines is 1. The van der Waals surface area contributed by atoms with Crippen molar-refractivity contribution in [1.82, 2.24) is 25.1 Å². The van der Waals surface area contributed by atoms with Crippen LogP contribution in [0.2, 0.25) is 0 Å². The van der Waals surface area contributed by atoms with E-state index in [0.717, 1.165) is 19.5 Å². The number of rotatable bonds is 4. The van der Waals surface area contributed by atoms with Gasteiger partial charge in [0, 0.05) is 57.2 Å². The van der Waals surface area contributed by atoms with E-state index in [1.807, 2.05) is 4.90 Å². The number of piperazine rings is 1. The Bertz CT molecular complexity index is 1030. The minimum atomic E-state index is -2.93. The van der Waals surface area contributed by atoms with Gasteiger partial charge in [0.05, 0.1) is 11.7 Å². The number of fused-ring (bicyclic) bond motifs is 2. The fourth-order valence-electron chi connectivity index (χ4n) is 6.34. The van der Waals surface area contributed by atoms with Gasteiger partial charge in [0.1, 0.15) is 5.69 Å². The van der Waals surface area contributed by atoms with E-state index in [2.05, 4.69) is 17.2 Å². The summed E-state index contributed by atoms with van der Waals surface area (Å²) in [5.74, 6) is -1.71. The molecular formula is C23H30F2N6O3. The van der Waals surface area contributed by atoms with Crippen LogP contribution in [-0.4, -0.2) is 82.2 Å². The Morgan fingerprint density at radius 3 is 2.53 bits per heavy atom. The number of hydrogen-bond donors (Lipinski definition) is 2. The summed E-state index contributed by atoms with van der Waals surface area (Å²) in [5.41, 5.74) is 1.18. The molecule has 2 N–H and O–H groups in total. The summed E-state index contributed by atoms with van der Waals surface area (Å²) in [5, 5.41) is 12.6. The zero-order valence-corrected chi connectivity index (χ0v) is 19.2. The van der Waals surface area contributed by atoms with Crippen LogP contribution in [0.4, 0.5) is 19.5 Å². The first-order valence-corrected chi connectivity index (χ1v) is 12.3. The minimum absolute atomic E-state index is 0.0535. The molecule has 0 radical (unpaired) electrons. The monoisotopic (exact) mass is 476 g/mol. The Morgan fingerprint density at radius 2 is 1.88 bits per heavy atom. The molecular weight excluding hydrogens is 446 g/mol. The van der Waals surface area contributed by atoms with E-state index in [-0.39, 0.29) is 48.4 Å². The van der Waals surface area contributed by atoms with Crippen LogP contribution < -0.4 is 10.2 Å². The molecule has 4 heterocycles. The van der Waals surface area contributed by atoms with Crippen LogP contribution in [0.3, 0.4) is 0 Å². The SMILES string of the molecule is CC1CCN1c1nc(C2NC[C@H]3[C@@H](CC(=O)N4CCN(C(=O)O)CC4)[C@@H]23)c2c(n1)C(F)(F)CC2. The van der Waals surface area contributed by atoms with E-state index in [0.29, 0.717) is 55.7 Å². The van der Waals surface area contributed by atoms with Gasteiger partial charge in [0.15, 0.2) is 0 Å². The summed E-state index contributed by atoms with van der Waals surface area (Å²) in [6.45, 7) is 5.09. The number of halogens is 2. The van der Waals surface area contributed by atoms with Gasteiger partial charge in [-0.15, -0.1) is 0 Å². The first kappa shape index (κ1) is 21.9. The molecule has 0 aromatic carbocycles. The van der Waals surface area contributed by atoms with Crippen LogP contribution in [0.15, 0.2) is 0 Å². The zero-order chi connectivity index (χ0) is 23.8. The maximum Gasteiger partial charge on any atom is 0.407 e. The second-order valence-electron chi connectivity index (χ2n) is 10.4. The number of amides is 2. The van der Waals surface area contributed by atoms with Crippen LogP contribution in [0, 0.1) is 17.8 Å². The third-order valence-corrected chi connectivity index (χ3v) is 8.60. The highest BCUT2D eigenvalue weighted by atomic mass is 19.3. The predicted molar refractivity (Wildman–Crippen MR) is 118 cm³/mol. The quantitative estimate of drug-likeness (QED) is 0.684. The van der Waals surface area contributed by atoms with Crippen LogP contribution in [0.1, 0.15) is 49.2 Å². The third kappa shape index (κ3) is 3.42. The molecule has 4 fully saturated rings. The van der Waals surface area contributed by atoms with Gasteiger partial charge in [-0.2, -0.15) is 8.78 Å². The summed E-state index contributed by atoms with van der Waals surface area (Å²) in [7, 11) is 0. The van der Waals surface area contributed by atoms with E-state index in [9.17, 15) is 18.4 Å². The fourth-order valence-corrected chi connectivity index (χ4v) is 6.34. The van der Waals surface area contributed by atoms with Gasteiger partial charge in [-0.1, -0.05) is 0 Å². The number of piperidine rings is 1. The molecule has 3 aliphatic heterocycles. The molecule has 0 spiro atoms. The second-order valence-corrected chi connectivity index (χ2v) is 10.4. The second kappa shape index (κ2) is 7.73. The minimum Gasteiger partial charge on any atom is -0.465 e. The summed E-state index contributed by atoms with van der Waals surface area (Å²) in [4.78, 5) is 38.2. The molecule has 2 unspecified atom stereocenters. The molecule has 3 saturated heterocycles. The molecule has 2 aliphatic carbocycles. The predicted octanol–water partition coefficient (Wildman–Crippen LogP) is 1.83. The van der Waals surface area contributed by atoms with E-state index < -0.39 is 12.0 Å². The number of carbonyl (C=O) groups is 2. The lowest BCUT2D eigenvalue weighted by atomic mass is 10.00. The number of alkyl halides is 2. The normalized spacial score (nSPS) is 33.4. The first-order valence-electron chi connectivity index (χ1n) is 12.3. The third-order valence-electron chi connectivity index (χ3n) is 8.60. The summed E-state index contributed by atoms with van der Waals surface area (Å²) in [6, 6.07) is 0.116. The van der Waals surface area contributed by atoms with Gasteiger partial charge in [0.25, 0.3) is 5.92 Å². The largest absolute Gasteiger partial charge is 0.465 e. The molecule has 184 valence electrons. The average Bonchev–Trinajstić information content (AvgIpc) is 3.13. The molecule has 34 heavy (non-hydrogen) atoms. The summed E-state index contributed by atoms with van der Waals surface area (Å²) < 4.78 is 29.4. The van der Waals surface area contributed by atoms with Gasteiger partial charge in [-0.05, 0) is 44.1 Å². The Kier molecular flexibility index (Phi) is 4.98. The molecule has 1 aromatic heterocycles. The first-order chi connectivity index (χ1) is 16.2. The molecule has 1 aromatic rings. The Labute approximate surface area is 196 Å². The van der Waals surface area contributed by atoms with E-state index >= 15 is 0 Å². The highest BCUT2D eigenvalue weighted by Crippen LogP contribution is 2.60. The lowest BCUT2D eigenvalue weighted by molar-refractivity contribution is -0.133. The number of hydrogen-bond acceptors (Lipinski definition) is 6. The summed E-state index contributed by atoms with van der Waals surface area (Å²) in [6.07, 6.45) is 0.519. The molecule has 6 rings (SSSR count). The van der Waals surface area contributed by atoms with Crippen LogP contribution >= 0.6 is 0 Å². The highest BCUT2D eigenvalue weighted by Gasteiger charge is 2.60. The van der Waals surface area contributed by atoms with Crippen LogP contribution in [0.5, 0.6) is 0 Å². The van der Waals surface area contributed by atoms with Crippen molar-refractivity contribution in [2.75, 3.05) is 44.2 Å². The van der Waals surface area contributed by atoms with Gasteiger partial charge in [-0.25, -0.2) is 14.8 Å². The number of nitrogens with one attached hydrogen (secondary N) is 1. The maximum absolute atomic E-state index is 14.7. The molecule has 0 bridgehead atoms.